The molecular weight excluding hydrogens is 318 g/mol. The molecule has 0 aliphatic carbocycles. The van der Waals surface area contributed by atoms with E-state index in [0.29, 0.717) is 5.69 Å². The normalized spacial score (nSPS) is 11.0. The molecule has 0 aliphatic heterocycles. The van der Waals surface area contributed by atoms with E-state index in [9.17, 15) is 13.2 Å². The second kappa shape index (κ2) is 7.70. The number of rotatable bonds is 6. The number of pyridine rings is 1. The van der Waals surface area contributed by atoms with Crippen molar-refractivity contribution in [1.29, 1.82) is 0 Å². The van der Waals surface area contributed by atoms with Crippen LogP contribution < -0.4 is 10.0 Å². The highest BCUT2D eigenvalue weighted by Crippen LogP contribution is 2.14. The van der Waals surface area contributed by atoms with Gasteiger partial charge in [-0.25, -0.2) is 17.9 Å². The molecule has 0 saturated carbocycles. The average molecular weight is 335 g/mol. The van der Waals surface area contributed by atoms with E-state index in [4.69, 9.17) is 4.74 Å². The summed E-state index contributed by atoms with van der Waals surface area (Å²) in [6, 6.07) is 9.28. The molecule has 8 heteroatoms. The predicted octanol–water partition coefficient (Wildman–Crippen LogP) is 2.13. The minimum atomic E-state index is -3.63. The zero-order chi connectivity index (χ0) is 16.7. The first-order chi connectivity index (χ1) is 11.0. The zero-order valence-corrected chi connectivity index (χ0v) is 13.3. The van der Waals surface area contributed by atoms with Gasteiger partial charge in [-0.15, -0.1) is 0 Å². The van der Waals surface area contributed by atoms with Crippen LogP contribution in [0.5, 0.6) is 0 Å². The minimum Gasteiger partial charge on any atom is -0.450 e. The molecule has 0 radical (unpaired) electrons. The number of aromatic nitrogens is 1. The van der Waals surface area contributed by atoms with Gasteiger partial charge in [0.15, 0.2) is 0 Å². The van der Waals surface area contributed by atoms with Crippen LogP contribution in [-0.4, -0.2) is 26.1 Å². The maximum atomic E-state index is 12.2. The zero-order valence-electron chi connectivity index (χ0n) is 12.5. The standard InChI is InChI=1S/C15H17N3O4S/c1-2-22-15(19)18-13-3-5-14(6-4-13)23(20,21)17-11-12-7-9-16-10-8-12/h3-10,17H,2,11H2,1H3,(H,18,19). The summed E-state index contributed by atoms with van der Waals surface area (Å²) >= 11 is 0. The van der Waals surface area contributed by atoms with E-state index < -0.39 is 16.1 Å². The summed E-state index contributed by atoms with van der Waals surface area (Å²) < 4.78 is 31.7. The first kappa shape index (κ1) is 16.9. The quantitative estimate of drug-likeness (QED) is 0.843. The van der Waals surface area contributed by atoms with Crippen molar-refractivity contribution in [3.63, 3.8) is 0 Å². The third-order valence-corrected chi connectivity index (χ3v) is 4.32. The Balaban J connectivity index is 2.01. The van der Waals surface area contributed by atoms with Crippen molar-refractivity contribution in [2.45, 2.75) is 18.4 Å². The van der Waals surface area contributed by atoms with Crippen molar-refractivity contribution in [2.75, 3.05) is 11.9 Å². The van der Waals surface area contributed by atoms with E-state index in [0.717, 1.165) is 5.56 Å². The van der Waals surface area contributed by atoms with Crippen molar-refractivity contribution in [3.8, 4) is 0 Å². The topological polar surface area (TPSA) is 97.4 Å². The van der Waals surface area contributed by atoms with Gasteiger partial charge in [0.2, 0.25) is 10.0 Å². The molecule has 1 aromatic carbocycles. The van der Waals surface area contributed by atoms with Crippen LogP contribution in [0.1, 0.15) is 12.5 Å². The third-order valence-electron chi connectivity index (χ3n) is 2.90. The predicted molar refractivity (Wildman–Crippen MR) is 85.3 cm³/mol. The smallest absolute Gasteiger partial charge is 0.411 e. The molecule has 1 amide bonds. The van der Waals surface area contributed by atoms with Gasteiger partial charge in [0, 0.05) is 24.6 Å². The Morgan fingerprint density at radius 2 is 1.78 bits per heavy atom. The highest BCUT2D eigenvalue weighted by molar-refractivity contribution is 7.89. The second-order valence-corrected chi connectivity index (χ2v) is 6.32. The van der Waals surface area contributed by atoms with Gasteiger partial charge in [-0.2, -0.15) is 0 Å². The molecule has 2 N–H and O–H groups in total. The van der Waals surface area contributed by atoms with E-state index in [1.165, 1.54) is 24.3 Å². The van der Waals surface area contributed by atoms with Crippen LogP contribution in [-0.2, 0) is 21.3 Å². The highest BCUT2D eigenvalue weighted by Gasteiger charge is 2.13. The molecule has 2 rings (SSSR count). The van der Waals surface area contributed by atoms with Gasteiger partial charge in [0.25, 0.3) is 0 Å². The fraction of sp³-hybridized carbons (Fsp3) is 0.200. The summed E-state index contributed by atoms with van der Waals surface area (Å²) in [7, 11) is -3.63. The number of nitrogens with one attached hydrogen (secondary N) is 2. The van der Waals surface area contributed by atoms with Crippen LogP contribution in [0, 0.1) is 0 Å². The largest absolute Gasteiger partial charge is 0.450 e. The lowest BCUT2D eigenvalue weighted by Crippen LogP contribution is -2.23. The fourth-order valence-corrected chi connectivity index (χ4v) is 2.78. The van der Waals surface area contributed by atoms with Gasteiger partial charge >= 0.3 is 6.09 Å². The van der Waals surface area contributed by atoms with Crippen LogP contribution in [0.3, 0.4) is 0 Å². The van der Waals surface area contributed by atoms with Gasteiger partial charge < -0.3 is 4.74 Å². The summed E-state index contributed by atoms with van der Waals surface area (Å²) in [6.45, 7) is 2.13. The SMILES string of the molecule is CCOC(=O)Nc1ccc(S(=O)(=O)NCc2ccncc2)cc1. The second-order valence-electron chi connectivity index (χ2n) is 4.55. The van der Waals surface area contributed by atoms with E-state index in [2.05, 4.69) is 15.0 Å². The fourth-order valence-electron chi connectivity index (χ4n) is 1.76. The van der Waals surface area contributed by atoms with Crippen molar-refractivity contribution in [3.05, 3.63) is 54.4 Å². The number of sulfonamides is 1. The molecule has 2 aromatic rings. The molecule has 0 aliphatic rings. The molecule has 0 fully saturated rings. The summed E-state index contributed by atoms with van der Waals surface area (Å²) in [5, 5.41) is 2.50. The Hall–Kier alpha value is -2.45. The van der Waals surface area contributed by atoms with Crippen LogP contribution in [0.2, 0.25) is 0 Å². The monoisotopic (exact) mass is 335 g/mol. The number of nitrogens with zero attached hydrogens (tertiary/aromatic N) is 1. The maximum absolute atomic E-state index is 12.2. The number of amides is 1. The van der Waals surface area contributed by atoms with Gasteiger partial charge in [-0.3, -0.25) is 10.3 Å². The van der Waals surface area contributed by atoms with E-state index in [1.807, 2.05) is 0 Å². The average Bonchev–Trinajstić information content (AvgIpc) is 2.55. The summed E-state index contributed by atoms with van der Waals surface area (Å²) in [5.74, 6) is 0. The van der Waals surface area contributed by atoms with E-state index in [-0.39, 0.29) is 18.0 Å². The van der Waals surface area contributed by atoms with Gasteiger partial charge in [0.1, 0.15) is 0 Å². The number of hydrogen-bond acceptors (Lipinski definition) is 5. The van der Waals surface area contributed by atoms with Gasteiger partial charge in [-0.1, -0.05) is 0 Å². The Morgan fingerprint density at radius 1 is 1.13 bits per heavy atom. The van der Waals surface area contributed by atoms with Crippen LogP contribution in [0.15, 0.2) is 53.7 Å². The third kappa shape index (κ3) is 5.04. The number of hydrogen-bond donors (Lipinski definition) is 2. The number of ether oxygens (including phenoxy) is 1. The molecule has 122 valence electrons. The molecule has 0 unspecified atom stereocenters. The Bertz CT molecular complexity index is 746. The Morgan fingerprint density at radius 3 is 2.39 bits per heavy atom. The van der Waals surface area contributed by atoms with Crippen molar-refractivity contribution in [2.24, 2.45) is 0 Å². The Labute approximate surface area is 134 Å². The lowest BCUT2D eigenvalue weighted by molar-refractivity contribution is 0.168. The van der Waals surface area contributed by atoms with Crippen LogP contribution in [0.4, 0.5) is 10.5 Å². The molecule has 0 atom stereocenters. The Kier molecular flexibility index (Phi) is 5.67. The van der Waals surface area contributed by atoms with Crippen molar-refractivity contribution < 1.29 is 17.9 Å². The molecule has 1 aromatic heterocycles. The molecule has 1 heterocycles. The van der Waals surface area contributed by atoms with Crippen LogP contribution >= 0.6 is 0 Å². The van der Waals surface area contributed by atoms with Crippen molar-refractivity contribution >= 4 is 21.8 Å². The van der Waals surface area contributed by atoms with Gasteiger partial charge in [-0.05, 0) is 48.9 Å². The number of carbonyl (C=O) groups is 1. The number of carbonyl (C=O) groups excluding carboxylic acids is 1. The number of benzene rings is 1. The molecule has 23 heavy (non-hydrogen) atoms. The summed E-state index contributed by atoms with van der Waals surface area (Å²) in [6.07, 6.45) is 2.61. The van der Waals surface area contributed by atoms with E-state index in [1.54, 1.807) is 31.5 Å². The van der Waals surface area contributed by atoms with Gasteiger partial charge in [0.05, 0.1) is 11.5 Å². The molecule has 0 saturated heterocycles. The summed E-state index contributed by atoms with van der Waals surface area (Å²) in [4.78, 5) is 15.3. The highest BCUT2D eigenvalue weighted by atomic mass is 32.2. The summed E-state index contributed by atoms with van der Waals surface area (Å²) in [5.41, 5.74) is 1.26. The number of anilines is 1. The molecule has 0 bridgehead atoms. The van der Waals surface area contributed by atoms with E-state index >= 15 is 0 Å². The minimum absolute atomic E-state index is 0.112. The lowest BCUT2D eigenvalue weighted by atomic mass is 10.3. The first-order valence-electron chi connectivity index (χ1n) is 6.93. The van der Waals surface area contributed by atoms with Crippen molar-refractivity contribution in [1.82, 2.24) is 9.71 Å². The first-order valence-corrected chi connectivity index (χ1v) is 8.42. The molecule has 0 spiro atoms. The lowest BCUT2D eigenvalue weighted by Gasteiger charge is -2.08. The maximum Gasteiger partial charge on any atom is 0.411 e. The molecular formula is C15H17N3O4S. The van der Waals surface area contributed by atoms with Crippen LogP contribution in [0.25, 0.3) is 0 Å². The molecule has 7 nitrogen and oxygen atoms in total.